The van der Waals surface area contributed by atoms with E-state index in [1.807, 2.05) is 0 Å². The van der Waals surface area contributed by atoms with Crippen LogP contribution in [-0.4, -0.2) is 36.9 Å². The van der Waals surface area contributed by atoms with Crippen LogP contribution in [0.5, 0.6) is 0 Å². The Balaban J connectivity index is 1.61. The Morgan fingerprint density at radius 1 is 1.00 bits per heavy atom. The summed E-state index contributed by atoms with van der Waals surface area (Å²) >= 11 is 0. The molecule has 1 aliphatic rings. The second kappa shape index (κ2) is 8.97. The van der Waals surface area contributed by atoms with Gasteiger partial charge in [0.2, 0.25) is 11.8 Å². The van der Waals surface area contributed by atoms with Gasteiger partial charge in [0.25, 0.3) is 5.91 Å². The standard InChI is InChI=1S/C16H23N3O4/c20-14(10-18-16(22)13-8-5-9-23-13)17-11-15(21)19-12-6-3-1-2-4-7-12/h5,8-9,12H,1-4,6-7,10-11H2,(H,17,20)(H,18,22)(H,19,21). The first-order chi connectivity index (χ1) is 11.1. The predicted octanol–water partition coefficient (Wildman–Crippen LogP) is 0.965. The first kappa shape index (κ1) is 17.1. The summed E-state index contributed by atoms with van der Waals surface area (Å²) in [6.07, 6.45) is 8.09. The molecule has 2 rings (SSSR count). The fourth-order valence-corrected chi connectivity index (χ4v) is 2.60. The molecule has 1 aliphatic carbocycles. The molecule has 23 heavy (non-hydrogen) atoms. The van der Waals surface area contributed by atoms with E-state index in [4.69, 9.17) is 4.42 Å². The normalized spacial score (nSPS) is 15.5. The Morgan fingerprint density at radius 2 is 1.70 bits per heavy atom. The lowest BCUT2D eigenvalue weighted by Gasteiger charge is -2.16. The van der Waals surface area contributed by atoms with Gasteiger partial charge >= 0.3 is 0 Å². The molecule has 7 nitrogen and oxygen atoms in total. The summed E-state index contributed by atoms with van der Waals surface area (Å²) in [5.41, 5.74) is 0. The van der Waals surface area contributed by atoms with Crippen LogP contribution in [0, 0.1) is 0 Å². The quantitative estimate of drug-likeness (QED) is 0.680. The molecule has 3 amide bonds. The molecule has 1 fully saturated rings. The lowest BCUT2D eigenvalue weighted by atomic mass is 10.1. The highest BCUT2D eigenvalue weighted by atomic mass is 16.3. The van der Waals surface area contributed by atoms with Crippen molar-refractivity contribution in [3.63, 3.8) is 0 Å². The zero-order chi connectivity index (χ0) is 16.5. The molecule has 0 bridgehead atoms. The molecule has 1 aromatic rings. The average Bonchev–Trinajstić information content (AvgIpc) is 2.97. The van der Waals surface area contributed by atoms with Gasteiger partial charge in [-0.2, -0.15) is 0 Å². The fourth-order valence-electron chi connectivity index (χ4n) is 2.60. The van der Waals surface area contributed by atoms with Crippen LogP contribution in [-0.2, 0) is 9.59 Å². The maximum Gasteiger partial charge on any atom is 0.287 e. The summed E-state index contributed by atoms with van der Waals surface area (Å²) in [6.45, 7) is -0.276. The molecule has 0 aliphatic heterocycles. The van der Waals surface area contributed by atoms with E-state index in [2.05, 4.69) is 16.0 Å². The summed E-state index contributed by atoms with van der Waals surface area (Å²) < 4.78 is 4.91. The molecule has 1 saturated carbocycles. The lowest BCUT2D eigenvalue weighted by molar-refractivity contribution is -0.126. The fraction of sp³-hybridized carbons (Fsp3) is 0.562. The van der Waals surface area contributed by atoms with Crippen molar-refractivity contribution in [2.24, 2.45) is 0 Å². The highest BCUT2D eigenvalue weighted by Gasteiger charge is 2.15. The highest BCUT2D eigenvalue weighted by Crippen LogP contribution is 2.16. The van der Waals surface area contributed by atoms with E-state index in [9.17, 15) is 14.4 Å². The van der Waals surface area contributed by atoms with Gasteiger partial charge in [0.1, 0.15) is 0 Å². The summed E-state index contributed by atoms with van der Waals surface area (Å²) in [4.78, 5) is 35.0. The maximum atomic E-state index is 11.8. The van der Waals surface area contributed by atoms with Crippen molar-refractivity contribution < 1.29 is 18.8 Å². The van der Waals surface area contributed by atoms with E-state index in [0.29, 0.717) is 0 Å². The van der Waals surface area contributed by atoms with E-state index >= 15 is 0 Å². The molecule has 0 aromatic carbocycles. The monoisotopic (exact) mass is 321 g/mol. The number of carbonyl (C=O) groups excluding carboxylic acids is 3. The second-order valence-electron chi connectivity index (χ2n) is 5.69. The van der Waals surface area contributed by atoms with Gasteiger partial charge in [-0.1, -0.05) is 25.7 Å². The SMILES string of the molecule is O=C(CNC(=O)c1ccco1)NCC(=O)NC1CCCCCC1. The van der Waals surface area contributed by atoms with Gasteiger partial charge in [-0.15, -0.1) is 0 Å². The van der Waals surface area contributed by atoms with Crippen molar-refractivity contribution in [3.05, 3.63) is 24.2 Å². The zero-order valence-electron chi connectivity index (χ0n) is 13.1. The number of carbonyl (C=O) groups is 3. The third-order valence-corrected chi connectivity index (χ3v) is 3.82. The van der Waals surface area contributed by atoms with Gasteiger partial charge in [-0.3, -0.25) is 14.4 Å². The minimum Gasteiger partial charge on any atom is -0.459 e. The molecule has 0 radical (unpaired) electrons. The van der Waals surface area contributed by atoms with E-state index in [0.717, 1.165) is 25.7 Å². The largest absolute Gasteiger partial charge is 0.459 e. The lowest BCUT2D eigenvalue weighted by Crippen LogP contribution is -2.44. The van der Waals surface area contributed by atoms with Crippen LogP contribution >= 0.6 is 0 Å². The van der Waals surface area contributed by atoms with E-state index < -0.39 is 11.8 Å². The summed E-state index contributed by atoms with van der Waals surface area (Å²) in [5, 5.41) is 7.86. The Hall–Kier alpha value is -2.31. The molecule has 3 N–H and O–H groups in total. The molecule has 1 heterocycles. The third-order valence-electron chi connectivity index (χ3n) is 3.82. The predicted molar refractivity (Wildman–Crippen MR) is 83.7 cm³/mol. The minimum atomic E-state index is -0.465. The summed E-state index contributed by atoms with van der Waals surface area (Å²) in [5.74, 6) is -0.930. The van der Waals surface area contributed by atoms with Gasteiger partial charge in [0.15, 0.2) is 5.76 Å². The topological polar surface area (TPSA) is 100 Å². The molecule has 1 aromatic heterocycles. The van der Waals surface area contributed by atoms with Crippen LogP contribution in [0.4, 0.5) is 0 Å². The van der Waals surface area contributed by atoms with Crippen molar-refractivity contribution >= 4 is 17.7 Å². The first-order valence-electron chi connectivity index (χ1n) is 8.03. The van der Waals surface area contributed by atoms with Crippen LogP contribution in [0.3, 0.4) is 0 Å². The van der Waals surface area contributed by atoms with E-state index in [1.165, 1.54) is 25.2 Å². The van der Waals surface area contributed by atoms with Gasteiger partial charge in [0, 0.05) is 6.04 Å². The summed E-state index contributed by atoms with van der Waals surface area (Å²) in [7, 11) is 0. The van der Waals surface area contributed by atoms with Crippen molar-refractivity contribution in [1.29, 1.82) is 0 Å². The van der Waals surface area contributed by atoms with Crippen LogP contribution < -0.4 is 16.0 Å². The summed E-state index contributed by atoms with van der Waals surface area (Å²) in [6, 6.07) is 3.31. The Bertz CT molecular complexity index is 519. The molecule has 0 unspecified atom stereocenters. The van der Waals surface area contributed by atoms with Gasteiger partial charge in [-0.25, -0.2) is 0 Å². The number of rotatable bonds is 6. The Labute approximate surface area is 135 Å². The first-order valence-corrected chi connectivity index (χ1v) is 8.03. The zero-order valence-corrected chi connectivity index (χ0v) is 13.1. The van der Waals surface area contributed by atoms with E-state index in [-0.39, 0.29) is 30.8 Å². The highest BCUT2D eigenvalue weighted by molar-refractivity contribution is 5.94. The van der Waals surface area contributed by atoms with Crippen molar-refractivity contribution in [2.45, 2.75) is 44.6 Å². The molecule has 126 valence electrons. The Morgan fingerprint density at radius 3 is 2.35 bits per heavy atom. The third kappa shape index (κ3) is 6.14. The van der Waals surface area contributed by atoms with Crippen LogP contribution in [0.15, 0.2) is 22.8 Å². The molecule has 0 saturated heterocycles. The average molecular weight is 321 g/mol. The van der Waals surface area contributed by atoms with Crippen LogP contribution in [0.1, 0.15) is 49.1 Å². The number of hydrogen-bond donors (Lipinski definition) is 3. The number of hydrogen-bond acceptors (Lipinski definition) is 4. The molecule has 0 atom stereocenters. The van der Waals surface area contributed by atoms with Gasteiger partial charge in [-0.05, 0) is 25.0 Å². The smallest absolute Gasteiger partial charge is 0.287 e. The van der Waals surface area contributed by atoms with Crippen LogP contribution in [0.2, 0.25) is 0 Å². The molecule has 7 heteroatoms. The van der Waals surface area contributed by atoms with Crippen molar-refractivity contribution in [2.75, 3.05) is 13.1 Å². The number of amides is 3. The molecular weight excluding hydrogens is 298 g/mol. The molecule has 0 spiro atoms. The van der Waals surface area contributed by atoms with Crippen LogP contribution in [0.25, 0.3) is 0 Å². The van der Waals surface area contributed by atoms with Gasteiger partial charge < -0.3 is 20.4 Å². The minimum absolute atomic E-state index is 0.0774. The molecular formula is C16H23N3O4. The van der Waals surface area contributed by atoms with Gasteiger partial charge in [0.05, 0.1) is 19.4 Å². The Kier molecular flexibility index (Phi) is 6.65. The second-order valence-corrected chi connectivity index (χ2v) is 5.69. The maximum absolute atomic E-state index is 11.8. The number of nitrogens with one attached hydrogen (secondary N) is 3. The van der Waals surface area contributed by atoms with E-state index in [1.54, 1.807) is 6.07 Å². The van der Waals surface area contributed by atoms with Crippen molar-refractivity contribution in [3.8, 4) is 0 Å². The van der Waals surface area contributed by atoms with Crippen molar-refractivity contribution in [1.82, 2.24) is 16.0 Å². The number of furan rings is 1.